The van der Waals surface area contributed by atoms with Gasteiger partial charge in [-0.15, -0.1) is 0 Å². The van der Waals surface area contributed by atoms with Gasteiger partial charge in [0.05, 0.1) is 0 Å². The van der Waals surface area contributed by atoms with Crippen LogP contribution < -0.4 is 0 Å². The van der Waals surface area contributed by atoms with Gasteiger partial charge in [0.1, 0.15) is 6.21 Å². The summed E-state index contributed by atoms with van der Waals surface area (Å²) in [6.45, 7) is 1.16. The molecule has 0 spiro atoms. The first-order chi connectivity index (χ1) is 4.13. The van der Waals surface area contributed by atoms with Crippen LogP contribution in [-0.2, 0) is 14.4 Å². The fourth-order valence-electron chi connectivity index (χ4n) is 0.142. The normalized spacial score (nSPS) is 9.56. The molecule has 0 atom stereocenters. The Morgan fingerprint density at radius 3 is 2.56 bits per heavy atom. The largest absolute Gasteiger partial charge is 0.331 e. The Morgan fingerprint density at radius 2 is 2.22 bits per heavy atom. The first-order valence-electron chi connectivity index (χ1n) is 2.03. The molecule has 0 saturated carbocycles. The minimum absolute atomic E-state index is 0.593. The van der Waals surface area contributed by atoms with Crippen LogP contribution in [0.1, 0.15) is 6.92 Å². The molecule has 0 aromatic rings. The number of hydrogen-bond acceptors (Lipinski definition) is 4. The summed E-state index contributed by atoms with van der Waals surface area (Å²) in [4.78, 5) is 23.8. The zero-order chi connectivity index (χ0) is 7.28. The van der Waals surface area contributed by atoms with Crippen LogP contribution in [0.4, 0.5) is 0 Å². The van der Waals surface area contributed by atoms with Crippen molar-refractivity contribution in [2.45, 2.75) is 6.92 Å². The summed E-state index contributed by atoms with van der Waals surface area (Å²) in [5.74, 6) is -0.593. The summed E-state index contributed by atoms with van der Waals surface area (Å²) in [5, 5.41) is 2.13. The van der Waals surface area contributed by atoms with E-state index in [0.29, 0.717) is 6.21 Å². The molecule has 0 heterocycles. The lowest BCUT2D eigenvalue weighted by molar-refractivity contribution is -0.140. The van der Waals surface area contributed by atoms with Crippen molar-refractivity contribution in [3.05, 3.63) is 0 Å². The van der Waals surface area contributed by atoms with Crippen molar-refractivity contribution >= 4 is 29.0 Å². The molecular formula is C4H4ClNO3. The smallest absolute Gasteiger partial charge is 0.318 e. The van der Waals surface area contributed by atoms with Crippen molar-refractivity contribution in [2.24, 2.45) is 5.16 Å². The van der Waals surface area contributed by atoms with E-state index in [1.54, 1.807) is 0 Å². The molecule has 9 heavy (non-hydrogen) atoms. The highest BCUT2D eigenvalue weighted by molar-refractivity contribution is 6.77. The van der Waals surface area contributed by atoms with E-state index < -0.39 is 11.2 Å². The molecule has 0 rings (SSSR count). The minimum Gasteiger partial charge on any atom is -0.318 e. The molecular weight excluding hydrogens is 146 g/mol. The van der Waals surface area contributed by atoms with E-state index in [0.717, 1.165) is 6.92 Å². The van der Waals surface area contributed by atoms with Crippen LogP contribution in [0, 0.1) is 0 Å². The molecule has 0 bridgehead atoms. The van der Waals surface area contributed by atoms with E-state index in [2.05, 4.69) is 9.99 Å². The molecule has 0 radical (unpaired) electrons. The molecule has 0 aliphatic rings. The maximum absolute atomic E-state index is 9.93. The second-order valence-corrected chi connectivity index (χ2v) is 1.49. The van der Waals surface area contributed by atoms with Crippen molar-refractivity contribution in [3.63, 3.8) is 0 Å². The molecule has 0 aliphatic heterocycles. The van der Waals surface area contributed by atoms with Crippen molar-refractivity contribution in [2.75, 3.05) is 0 Å². The number of halogens is 1. The van der Waals surface area contributed by atoms with E-state index in [1.165, 1.54) is 0 Å². The first-order valence-corrected chi connectivity index (χ1v) is 2.41. The third-order valence-corrected chi connectivity index (χ3v) is 0.433. The van der Waals surface area contributed by atoms with E-state index in [9.17, 15) is 9.59 Å². The maximum atomic E-state index is 9.93. The predicted octanol–water partition coefficient (Wildman–Crippen LogP) is 0.301. The molecule has 0 N–H and O–H groups in total. The lowest BCUT2D eigenvalue weighted by Crippen LogP contribution is -1.93. The Morgan fingerprint density at radius 1 is 1.67 bits per heavy atom. The molecule has 0 aromatic heterocycles. The third-order valence-electron chi connectivity index (χ3n) is 0.335. The van der Waals surface area contributed by atoms with Gasteiger partial charge in [-0.3, -0.25) is 4.79 Å². The van der Waals surface area contributed by atoms with Crippen LogP contribution in [0.15, 0.2) is 5.16 Å². The summed E-state index contributed by atoms with van der Waals surface area (Å²) in [6, 6.07) is 0. The molecule has 0 aliphatic carbocycles. The van der Waals surface area contributed by atoms with Crippen LogP contribution in [0.2, 0.25) is 0 Å². The van der Waals surface area contributed by atoms with Gasteiger partial charge in [0.15, 0.2) is 0 Å². The number of nitrogens with zero attached hydrogens (tertiary/aromatic N) is 1. The summed E-state index contributed by atoms with van der Waals surface area (Å²) < 4.78 is 0. The maximum Gasteiger partial charge on any atom is 0.331 e. The van der Waals surface area contributed by atoms with E-state index in [-0.39, 0.29) is 0 Å². The van der Waals surface area contributed by atoms with Crippen molar-refractivity contribution < 1.29 is 14.4 Å². The minimum atomic E-state index is -0.781. The molecule has 5 heteroatoms. The predicted molar refractivity (Wildman–Crippen MR) is 31.1 cm³/mol. The van der Waals surface area contributed by atoms with E-state index >= 15 is 0 Å². The summed E-state index contributed by atoms with van der Waals surface area (Å²) in [6.07, 6.45) is 0.697. The lowest BCUT2D eigenvalue weighted by atomic mass is 10.8. The van der Waals surface area contributed by atoms with Crippen molar-refractivity contribution in [3.8, 4) is 0 Å². The van der Waals surface area contributed by atoms with Crippen LogP contribution in [0.5, 0.6) is 0 Å². The highest BCUT2D eigenvalue weighted by atomic mass is 35.5. The molecule has 0 amide bonds. The van der Waals surface area contributed by atoms with Gasteiger partial charge < -0.3 is 4.84 Å². The average Bonchev–Trinajstić information content (AvgIpc) is 1.63. The second-order valence-electron chi connectivity index (χ2n) is 1.12. The Balaban J connectivity index is 3.48. The van der Waals surface area contributed by atoms with Crippen LogP contribution in [-0.4, -0.2) is 17.4 Å². The molecule has 50 valence electrons. The Labute approximate surface area is 56.4 Å². The number of carbonyl (C=O) groups excluding carboxylic acids is 2. The number of rotatable bonds is 2. The van der Waals surface area contributed by atoms with Crippen molar-refractivity contribution in [1.29, 1.82) is 0 Å². The SMILES string of the molecule is CC(=O)O/N=C\C(=O)Cl. The van der Waals surface area contributed by atoms with Gasteiger partial charge in [0, 0.05) is 6.92 Å². The zero-order valence-corrected chi connectivity index (χ0v) is 5.38. The molecule has 4 nitrogen and oxygen atoms in total. The van der Waals surface area contributed by atoms with Gasteiger partial charge in [-0.2, -0.15) is 0 Å². The van der Waals surface area contributed by atoms with Gasteiger partial charge in [0.25, 0.3) is 5.24 Å². The zero-order valence-electron chi connectivity index (χ0n) is 4.63. The fourth-order valence-corrected chi connectivity index (χ4v) is 0.182. The van der Waals surface area contributed by atoms with Crippen molar-refractivity contribution in [1.82, 2.24) is 0 Å². The second kappa shape index (κ2) is 4.03. The quantitative estimate of drug-likeness (QED) is 0.246. The Kier molecular flexibility index (Phi) is 3.62. The fraction of sp³-hybridized carbons (Fsp3) is 0.250. The molecule has 0 unspecified atom stereocenters. The van der Waals surface area contributed by atoms with E-state index in [4.69, 9.17) is 11.6 Å². The number of oxime groups is 1. The highest BCUT2D eigenvalue weighted by Gasteiger charge is 1.88. The Hall–Kier alpha value is -0.900. The van der Waals surface area contributed by atoms with Gasteiger partial charge in [-0.05, 0) is 11.6 Å². The number of hydrogen-bond donors (Lipinski definition) is 0. The van der Waals surface area contributed by atoms with E-state index in [1.807, 2.05) is 0 Å². The summed E-state index contributed by atoms with van der Waals surface area (Å²) in [7, 11) is 0. The average molecular weight is 150 g/mol. The van der Waals surface area contributed by atoms with Crippen LogP contribution in [0.25, 0.3) is 0 Å². The molecule has 0 fully saturated rings. The van der Waals surface area contributed by atoms with Gasteiger partial charge in [-0.25, -0.2) is 4.79 Å². The summed E-state index contributed by atoms with van der Waals surface area (Å²) >= 11 is 4.78. The van der Waals surface area contributed by atoms with Crippen LogP contribution >= 0.6 is 11.6 Å². The van der Waals surface area contributed by atoms with Gasteiger partial charge in [0.2, 0.25) is 0 Å². The molecule has 0 saturated heterocycles. The highest BCUT2D eigenvalue weighted by Crippen LogP contribution is 1.77. The van der Waals surface area contributed by atoms with Gasteiger partial charge >= 0.3 is 5.97 Å². The van der Waals surface area contributed by atoms with Crippen LogP contribution in [0.3, 0.4) is 0 Å². The van der Waals surface area contributed by atoms with Gasteiger partial charge in [-0.1, -0.05) is 5.16 Å². The summed E-state index contributed by atoms with van der Waals surface area (Å²) in [5.41, 5.74) is 0. The Bertz CT molecular complexity index is 154. The monoisotopic (exact) mass is 149 g/mol. The standard InChI is InChI=1S/C4H4ClNO3/c1-3(7)9-6-2-4(5)8/h2H,1H3/b6-2-. The number of carbonyl (C=O) groups is 2. The topological polar surface area (TPSA) is 55.7 Å². The molecule has 0 aromatic carbocycles. The lowest BCUT2D eigenvalue weighted by Gasteiger charge is -1.83. The first kappa shape index (κ1) is 8.10. The third kappa shape index (κ3) is 7.10.